The zero-order valence-corrected chi connectivity index (χ0v) is 11.2. The fourth-order valence-electron chi connectivity index (χ4n) is 1.62. The average molecular weight is 278 g/mol. The maximum atomic E-state index is 11.7. The van der Waals surface area contributed by atoms with Gasteiger partial charge in [0.2, 0.25) is 5.91 Å². The van der Waals surface area contributed by atoms with Crippen molar-refractivity contribution in [3.05, 3.63) is 30.6 Å². The van der Waals surface area contributed by atoms with Crippen molar-refractivity contribution in [2.24, 2.45) is 5.84 Å². The number of benzene rings is 1. The van der Waals surface area contributed by atoms with Crippen LogP contribution in [0.25, 0.3) is 10.9 Å². The normalized spacial score (nSPS) is 12.3. The van der Waals surface area contributed by atoms with Crippen molar-refractivity contribution in [3.63, 3.8) is 0 Å². The number of nitrogens with zero attached hydrogens (tertiary/aromatic N) is 2. The molecular formula is C12H14N4O2S. The molecule has 1 atom stereocenters. The van der Waals surface area contributed by atoms with Crippen molar-refractivity contribution in [1.29, 1.82) is 0 Å². The van der Waals surface area contributed by atoms with Crippen molar-refractivity contribution < 1.29 is 9.53 Å². The quantitative estimate of drug-likeness (QED) is 0.275. The Morgan fingerprint density at radius 1 is 1.47 bits per heavy atom. The minimum absolute atomic E-state index is 0.256. The molecule has 0 saturated carbocycles. The Hall–Kier alpha value is -1.70. The first kappa shape index (κ1) is 13.7. The van der Waals surface area contributed by atoms with Crippen LogP contribution in [0.3, 0.4) is 0 Å². The van der Waals surface area contributed by atoms with Crippen molar-refractivity contribution in [1.82, 2.24) is 15.4 Å². The van der Waals surface area contributed by atoms with Crippen molar-refractivity contribution >= 4 is 28.6 Å². The Balaban J connectivity index is 2.31. The third-order valence-electron chi connectivity index (χ3n) is 2.51. The molecule has 0 aliphatic rings. The first-order valence-corrected chi connectivity index (χ1v) is 6.50. The maximum absolute atomic E-state index is 11.7. The smallest absolute Gasteiger partial charge is 0.249 e. The zero-order chi connectivity index (χ0) is 13.7. The second kappa shape index (κ2) is 6.46. The van der Waals surface area contributed by atoms with E-state index in [-0.39, 0.29) is 12.5 Å². The minimum atomic E-state index is -0.451. The monoisotopic (exact) mass is 278 g/mol. The molecule has 1 unspecified atom stereocenters. The molecule has 19 heavy (non-hydrogen) atoms. The molecule has 0 saturated heterocycles. The Kier molecular flexibility index (Phi) is 4.67. The average Bonchev–Trinajstić information content (AvgIpc) is 2.46. The van der Waals surface area contributed by atoms with Crippen LogP contribution in [0, 0.1) is 0 Å². The number of hydrogen-bond donors (Lipinski definition) is 2. The Bertz CT molecular complexity index is 573. The first-order valence-electron chi connectivity index (χ1n) is 5.62. The van der Waals surface area contributed by atoms with Gasteiger partial charge in [-0.15, -0.1) is 0 Å². The summed E-state index contributed by atoms with van der Waals surface area (Å²) in [5.41, 5.74) is 2.97. The van der Waals surface area contributed by atoms with Crippen molar-refractivity contribution in [2.75, 3.05) is 13.7 Å². The van der Waals surface area contributed by atoms with E-state index >= 15 is 0 Å². The highest BCUT2D eigenvalue weighted by Gasteiger charge is 2.20. The lowest BCUT2D eigenvalue weighted by Gasteiger charge is -2.14. The van der Waals surface area contributed by atoms with E-state index in [1.165, 1.54) is 25.2 Å². The van der Waals surface area contributed by atoms with Crippen LogP contribution in [0.5, 0.6) is 0 Å². The van der Waals surface area contributed by atoms with Gasteiger partial charge in [-0.3, -0.25) is 10.2 Å². The highest BCUT2D eigenvalue weighted by Crippen LogP contribution is 2.27. The number of hydrazine groups is 1. The van der Waals surface area contributed by atoms with E-state index in [9.17, 15) is 4.79 Å². The number of nitrogens with two attached hydrogens (primary N) is 1. The van der Waals surface area contributed by atoms with Crippen molar-refractivity contribution in [2.45, 2.75) is 10.3 Å². The van der Waals surface area contributed by atoms with Gasteiger partial charge in [-0.1, -0.05) is 30.0 Å². The number of para-hydroxylation sites is 1. The van der Waals surface area contributed by atoms with Gasteiger partial charge in [0.25, 0.3) is 0 Å². The summed E-state index contributed by atoms with van der Waals surface area (Å²) in [6, 6.07) is 7.63. The molecule has 1 aromatic carbocycles. The summed E-state index contributed by atoms with van der Waals surface area (Å²) in [6.45, 7) is 0.256. The third kappa shape index (κ3) is 3.19. The number of carbonyl (C=O) groups is 1. The molecule has 1 amide bonds. The summed E-state index contributed by atoms with van der Waals surface area (Å²) in [4.78, 5) is 20.1. The fraction of sp³-hybridized carbons (Fsp3) is 0.250. The van der Waals surface area contributed by atoms with Gasteiger partial charge < -0.3 is 4.74 Å². The molecule has 7 heteroatoms. The minimum Gasteiger partial charge on any atom is -0.383 e. The van der Waals surface area contributed by atoms with Gasteiger partial charge >= 0.3 is 0 Å². The van der Waals surface area contributed by atoms with Crippen LogP contribution in [0.1, 0.15) is 0 Å². The standard InChI is InChI=1S/C12H14N4O2S/c1-18-6-10(11(17)16-13)19-12-8-4-2-3-5-9(8)14-7-15-12/h2-5,7,10H,6,13H2,1H3,(H,16,17). The van der Waals surface area contributed by atoms with Gasteiger partial charge in [0.15, 0.2) is 0 Å². The number of rotatable bonds is 5. The number of thioether (sulfide) groups is 1. The first-order chi connectivity index (χ1) is 9.26. The highest BCUT2D eigenvalue weighted by atomic mass is 32.2. The predicted octanol–water partition coefficient (Wildman–Crippen LogP) is 0.727. The van der Waals surface area contributed by atoms with Gasteiger partial charge in [0, 0.05) is 12.5 Å². The van der Waals surface area contributed by atoms with Crippen LogP contribution in [0.2, 0.25) is 0 Å². The van der Waals surface area contributed by atoms with E-state index in [4.69, 9.17) is 10.6 Å². The number of aromatic nitrogens is 2. The van der Waals surface area contributed by atoms with E-state index in [0.29, 0.717) is 0 Å². The lowest BCUT2D eigenvalue weighted by molar-refractivity contribution is -0.121. The van der Waals surface area contributed by atoms with Crippen LogP contribution in [-0.2, 0) is 9.53 Å². The number of nitrogens with one attached hydrogen (secondary N) is 1. The van der Waals surface area contributed by atoms with E-state index < -0.39 is 5.25 Å². The molecule has 2 aromatic rings. The number of amides is 1. The Morgan fingerprint density at radius 3 is 3.00 bits per heavy atom. The fourth-order valence-corrected chi connectivity index (χ4v) is 2.67. The molecule has 0 radical (unpaired) electrons. The van der Waals surface area contributed by atoms with E-state index in [1.54, 1.807) is 0 Å². The second-order valence-electron chi connectivity index (χ2n) is 3.77. The van der Waals surface area contributed by atoms with Crippen LogP contribution >= 0.6 is 11.8 Å². The molecule has 1 heterocycles. The molecule has 0 bridgehead atoms. The molecule has 0 aliphatic carbocycles. The summed E-state index contributed by atoms with van der Waals surface area (Å²) in [5, 5.41) is 1.19. The summed E-state index contributed by atoms with van der Waals surface area (Å²) < 4.78 is 5.03. The number of methoxy groups -OCH3 is 1. The molecule has 6 nitrogen and oxygen atoms in total. The largest absolute Gasteiger partial charge is 0.383 e. The molecule has 1 aromatic heterocycles. The van der Waals surface area contributed by atoms with Crippen LogP contribution in [-0.4, -0.2) is 34.8 Å². The van der Waals surface area contributed by atoms with E-state index in [0.717, 1.165) is 15.9 Å². The molecule has 100 valence electrons. The molecule has 2 rings (SSSR count). The molecule has 0 spiro atoms. The third-order valence-corrected chi connectivity index (χ3v) is 3.70. The number of ether oxygens (including phenoxy) is 1. The Morgan fingerprint density at radius 2 is 2.26 bits per heavy atom. The van der Waals surface area contributed by atoms with Gasteiger partial charge in [-0.25, -0.2) is 15.8 Å². The van der Waals surface area contributed by atoms with Crippen LogP contribution < -0.4 is 11.3 Å². The van der Waals surface area contributed by atoms with Gasteiger partial charge in [0.1, 0.15) is 16.6 Å². The van der Waals surface area contributed by atoms with Gasteiger partial charge in [-0.2, -0.15) is 0 Å². The number of fused-ring (bicyclic) bond motifs is 1. The summed E-state index contributed by atoms with van der Waals surface area (Å²) >= 11 is 1.31. The maximum Gasteiger partial charge on any atom is 0.249 e. The summed E-state index contributed by atoms with van der Waals surface area (Å²) in [6.07, 6.45) is 1.48. The second-order valence-corrected chi connectivity index (χ2v) is 4.96. The molecular weight excluding hydrogens is 264 g/mol. The van der Waals surface area contributed by atoms with Crippen LogP contribution in [0.15, 0.2) is 35.6 Å². The predicted molar refractivity (Wildman–Crippen MR) is 73.4 cm³/mol. The zero-order valence-electron chi connectivity index (χ0n) is 10.4. The van der Waals surface area contributed by atoms with Gasteiger partial charge in [-0.05, 0) is 6.07 Å². The summed E-state index contributed by atoms with van der Waals surface area (Å²) in [5.74, 6) is 4.87. The van der Waals surface area contributed by atoms with Gasteiger partial charge in [0.05, 0.1) is 12.1 Å². The topological polar surface area (TPSA) is 90.1 Å². The SMILES string of the molecule is COCC(Sc1ncnc2ccccc12)C(=O)NN. The summed E-state index contributed by atoms with van der Waals surface area (Å²) in [7, 11) is 1.54. The number of hydrogen-bond acceptors (Lipinski definition) is 6. The van der Waals surface area contributed by atoms with Crippen LogP contribution in [0.4, 0.5) is 0 Å². The molecule has 0 fully saturated rings. The lowest BCUT2D eigenvalue weighted by Crippen LogP contribution is -2.39. The Labute approximate surface area is 114 Å². The number of carbonyl (C=O) groups excluding carboxylic acids is 1. The van der Waals surface area contributed by atoms with E-state index in [2.05, 4.69) is 15.4 Å². The molecule has 0 aliphatic heterocycles. The van der Waals surface area contributed by atoms with Crippen molar-refractivity contribution in [3.8, 4) is 0 Å². The molecule has 3 N–H and O–H groups in total. The lowest BCUT2D eigenvalue weighted by atomic mass is 10.2. The highest BCUT2D eigenvalue weighted by molar-refractivity contribution is 8.00. The van der Waals surface area contributed by atoms with E-state index in [1.807, 2.05) is 24.3 Å².